The van der Waals surface area contributed by atoms with Crippen molar-refractivity contribution in [1.82, 2.24) is 15.1 Å². The highest BCUT2D eigenvalue weighted by molar-refractivity contribution is 9.10. The van der Waals surface area contributed by atoms with E-state index in [1.165, 1.54) is 29.8 Å². The first kappa shape index (κ1) is 20.2. The number of nitrogens with zero attached hydrogens (tertiary/aromatic N) is 3. The molecule has 0 aliphatic carbocycles. The van der Waals surface area contributed by atoms with E-state index in [-0.39, 0.29) is 17.3 Å². The Balaban J connectivity index is 1.74. The van der Waals surface area contributed by atoms with E-state index in [1.54, 1.807) is 18.3 Å². The van der Waals surface area contributed by atoms with Crippen LogP contribution in [0, 0.1) is 11.2 Å². The third kappa shape index (κ3) is 4.48. The second kappa shape index (κ2) is 8.66. The van der Waals surface area contributed by atoms with E-state index in [0.717, 1.165) is 0 Å². The number of halogens is 3. The van der Waals surface area contributed by atoms with Gasteiger partial charge in [0.05, 0.1) is 5.38 Å². The van der Waals surface area contributed by atoms with Gasteiger partial charge < -0.3 is 10.1 Å². The monoisotopic (exact) mass is 467 g/mol. The Morgan fingerprint density at radius 2 is 2.25 bits per heavy atom. The number of benzene rings is 1. The van der Waals surface area contributed by atoms with Crippen LogP contribution in [0.2, 0.25) is 0 Å². The van der Waals surface area contributed by atoms with Gasteiger partial charge >= 0.3 is 0 Å². The number of carbonyl (C=O) groups excluding carboxylic acids is 1. The summed E-state index contributed by atoms with van der Waals surface area (Å²) < 4.78 is 20.9. The van der Waals surface area contributed by atoms with E-state index < -0.39 is 23.2 Å². The summed E-state index contributed by atoms with van der Waals surface area (Å²) in [5, 5.41) is 14.5. The Morgan fingerprint density at radius 3 is 2.96 bits per heavy atom. The number of aliphatic imine (C=N–C) groups is 1. The van der Waals surface area contributed by atoms with Crippen LogP contribution in [0.25, 0.3) is 0 Å². The minimum atomic E-state index is -1.02. The van der Waals surface area contributed by atoms with Crippen LogP contribution in [0.15, 0.2) is 52.2 Å². The second-order valence-electron chi connectivity index (χ2n) is 5.89. The van der Waals surface area contributed by atoms with E-state index >= 15 is 0 Å². The van der Waals surface area contributed by atoms with Crippen molar-refractivity contribution in [3.05, 3.63) is 58.7 Å². The van der Waals surface area contributed by atoms with Crippen molar-refractivity contribution in [2.75, 3.05) is 0 Å². The fraction of sp³-hybridized carbons (Fsp3) is 0.222. The van der Waals surface area contributed by atoms with Crippen LogP contribution in [0.5, 0.6) is 5.75 Å². The molecule has 7 nitrogen and oxygen atoms in total. The zero-order valence-electron chi connectivity index (χ0n) is 14.7. The SMILES string of the molecule is CC(Oc1ccccc1F)C(=O)NC(=N)c1cc(Br)nn1C1=NC=CCC1Cl. The number of rotatable bonds is 4. The van der Waals surface area contributed by atoms with Crippen LogP contribution in [0.3, 0.4) is 0 Å². The van der Waals surface area contributed by atoms with Crippen molar-refractivity contribution in [1.29, 1.82) is 5.41 Å². The molecular formula is C18H16BrClFN5O2. The summed E-state index contributed by atoms with van der Waals surface area (Å²) in [7, 11) is 0. The molecule has 2 unspecified atom stereocenters. The zero-order chi connectivity index (χ0) is 20.3. The van der Waals surface area contributed by atoms with Crippen molar-refractivity contribution in [2.45, 2.75) is 24.8 Å². The first-order chi connectivity index (χ1) is 13.4. The Kier molecular flexibility index (Phi) is 6.25. The lowest BCUT2D eigenvalue weighted by atomic mass is 10.2. The smallest absolute Gasteiger partial charge is 0.266 e. The summed E-state index contributed by atoms with van der Waals surface area (Å²) in [6.07, 6.45) is 2.99. The number of alkyl halides is 1. The van der Waals surface area contributed by atoms with Gasteiger partial charge in [-0.05, 0) is 41.4 Å². The van der Waals surface area contributed by atoms with Gasteiger partial charge in [0.2, 0.25) is 0 Å². The fourth-order valence-electron chi connectivity index (χ4n) is 2.46. The normalized spacial score (nSPS) is 17.0. The molecule has 0 bridgehead atoms. The van der Waals surface area contributed by atoms with Crippen molar-refractivity contribution in [3.8, 4) is 5.75 Å². The number of amidine groups is 1. The van der Waals surface area contributed by atoms with Crippen LogP contribution in [0.1, 0.15) is 19.0 Å². The Hall–Kier alpha value is -2.52. The number of hydrogen-bond donors (Lipinski definition) is 2. The quantitative estimate of drug-likeness (QED) is 0.409. The summed E-state index contributed by atoms with van der Waals surface area (Å²) in [6, 6.07) is 7.35. The minimum Gasteiger partial charge on any atom is -0.478 e. The minimum absolute atomic E-state index is 0.0437. The highest BCUT2D eigenvalue weighted by Gasteiger charge is 2.24. The van der Waals surface area contributed by atoms with Crippen LogP contribution in [-0.2, 0) is 4.79 Å². The third-order valence-electron chi connectivity index (χ3n) is 3.85. The summed E-state index contributed by atoms with van der Waals surface area (Å²) in [5.74, 6) is -0.994. The maximum absolute atomic E-state index is 13.7. The molecule has 1 aliphatic rings. The Labute approximate surface area is 173 Å². The summed E-state index contributed by atoms with van der Waals surface area (Å²) in [4.78, 5) is 16.6. The number of aromatic nitrogens is 2. The van der Waals surface area contributed by atoms with Crippen LogP contribution >= 0.6 is 27.5 Å². The molecule has 1 amide bonds. The highest BCUT2D eigenvalue weighted by Crippen LogP contribution is 2.19. The van der Waals surface area contributed by atoms with Gasteiger partial charge in [-0.25, -0.2) is 14.1 Å². The van der Waals surface area contributed by atoms with Gasteiger partial charge in [-0.15, -0.1) is 11.6 Å². The van der Waals surface area contributed by atoms with Crippen molar-refractivity contribution < 1.29 is 13.9 Å². The van der Waals surface area contributed by atoms with E-state index in [2.05, 4.69) is 31.3 Å². The molecule has 10 heteroatoms. The lowest BCUT2D eigenvalue weighted by Gasteiger charge is -2.18. The summed E-state index contributed by atoms with van der Waals surface area (Å²) >= 11 is 9.55. The molecule has 2 heterocycles. The molecule has 2 N–H and O–H groups in total. The fourth-order valence-corrected chi connectivity index (χ4v) is 3.09. The zero-order valence-corrected chi connectivity index (χ0v) is 17.0. The molecular weight excluding hydrogens is 453 g/mol. The molecule has 0 saturated carbocycles. The van der Waals surface area contributed by atoms with Crippen molar-refractivity contribution >= 4 is 45.1 Å². The van der Waals surface area contributed by atoms with Crippen molar-refractivity contribution in [2.24, 2.45) is 4.99 Å². The topological polar surface area (TPSA) is 92.4 Å². The molecule has 3 rings (SSSR count). The predicted molar refractivity (Wildman–Crippen MR) is 108 cm³/mol. The standard InChI is InChI=1S/C18H16BrClFN5O2/c1-10(28-14-7-3-2-6-12(14)21)18(27)24-16(22)13-9-15(19)25-26(13)17-11(20)5-4-8-23-17/h2-4,6-11H,5H2,1H3,(H2,22,24,27). The van der Waals surface area contributed by atoms with E-state index in [9.17, 15) is 9.18 Å². The van der Waals surface area contributed by atoms with Crippen LogP contribution in [-0.4, -0.2) is 38.8 Å². The van der Waals surface area contributed by atoms with Gasteiger partial charge in [-0.3, -0.25) is 10.2 Å². The van der Waals surface area contributed by atoms with Gasteiger partial charge in [0.1, 0.15) is 16.1 Å². The number of ether oxygens (including phenoxy) is 1. The van der Waals surface area contributed by atoms with Gasteiger partial charge in [-0.1, -0.05) is 18.2 Å². The lowest BCUT2D eigenvalue weighted by Crippen LogP contribution is -2.41. The number of nitrogens with one attached hydrogen (secondary N) is 2. The summed E-state index contributed by atoms with van der Waals surface area (Å²) in [5.41, 5.74) is 0.290. The first-order valence-electron chi connectivity index (χ1n) is 8.30. The molecule has 1 aliphatic heterocycles. The largest absolute Gasteiger partial charge is 0.478 e. The van der Waals surface area contributed by atoms with E-state index in [4.69, 9.17) is 21.7 Å². The molecule has 0 spiro atoms. The number of allylic oxidation sites excluding steroid dienone is 1. The second-order valence-corrected chi connectivity index (χ2v) is 7.23. The van der Waals surface area contributed by atoms with Gasteiger partial charge in [0.15, 0.2) is 23.5 Å². The molecule has 28 heavy (non-hydrogen) atoms. The maximum atomic E-state index is 13.7. The average Bonchev–Trinajstić information content (AvgIpc) is 3.05. The lowest BCUT2D eigenvalue weighted by molar-refractivity contribution is -0.125. The van der Waals surface area contributed by atoms with Gasteiger partial charge in [0.25, 0.3) is 5.91 Å². The van der Waals surface area contributed by atoms with E-state index in [0.29, 0.717) is 16.9 Å². The number of carbonyl (C=O) groups is 1. The van der Waals surface area contributed by atoms with Gasteiger partial charge in [-0.2, -0.15) is 5.10 Å². The first-order valence-corrected chi connectivity index (χ1v) is 9.53. The Morgan fingerprint density at radius 1 is 1.50 bits per heavy atom. The molecule has 146 valence electrons. The molecule has 0 saturated heterocycles. The number of amides is 1. The van der Waals surface area contributed by atoms with Crippen molar-refractivity contribution in [3.63, 3.8) is 0 Å². The Bertz CT molecular complexity index is 975. The average molecular weight is 469 g/mol. The van der Waals surface area contributed by atoms with Crippen LogP contribution < -0.4 is 10.1 Å². The molecule has 2 atom stereocenters. The number of hydrogen-bond acceptors (Lipinski definition) is 5. The maximum Gasteiger partial charge on any atom is 0.266 e. The molecule has 0 fully saturated rings. The van der Waals surface area contributed by atoms with E-state index in [1.807, 2.05) is 6.08 Å². The molecule has 0 radical (unpaired) electrons. The van der Waals surface area contributed by atoms with Crippen LogP contribution in [0.4, 0.5) is 4.39 Å². The third-order valence-corrected chi connectivity index (χ3v) is 4.61. The molecule has 1 aromatic heterocycles. The molecule has 2 aromatic rings. The predicted octanol–water partition coefficient (Wildman–Crippen LogP) is 3.47. The molecule has 1 aromatic carbocycles. The number of para-hydroxylation sites is 1. The highest BCUT2D eigenvalue weighted by atomic mass is 79.9. The summed E-state index contributed by atoms with van der Waals surface area (Å²) in [6.45, 7) is 1.47. The van der Waals surface area contributed by atoms with Gasteiger partial charge in [0, 0.05) is 12.3 Å².